The van der Waals surface area contributed by atoms with Crippen LogP contribution in [0.3, 0.4) is 0 Å². The molecule has 0 amide bonds. The summed E-state index contributed by atoms with van der Waals surface area (Å²) in [6.07, 6.45) is 6.20. The maximum absolute atomic E-state index is 12.3. The minimum absolute atomic E-state index is 0.00981. The van der Waals surface area contributed by atoms with Gasteiger partial charge in [0.1, 0.15) is 0 Å². The summed E-state index contributed by atoms with van der Waals surface area (Å²) < 4.78 is 0. The zero-order chi connectivity index (χ0) is 13.7. The molecule has 0 aromatic heterocycles. The van der Waals surface area contributed by atoms with Crippen molar-refractivity contribution in [1.82, 2.24) is 10.1 Å². The van der Waals surface area contributed by atoms with Crippen molar-refractivity contribution in [3.05, 3.63) is 35.7 Å². The van der Waals surface area contributed by atoms with E-state index < -0.39 is 11.1 Å². The van der Waals surface area contributed by atoms with Crippen molar-refractivity contribution in [3.63, 3.8) is 0 Å². The largest absolute Gasteiger partial charge is 0.289 e. The first-order chi connectivity index (χ1) is 8.21. The molecule has 1 N–H and O–H groups in total. The van der Waals surface area contributed by atoms with E-state index in [1.165, 1.54) is 6.08 Å². The fraction of sp³-hybridized carbons (Fsp3) is 0.462. The van der Waals surface area contributed by atoms with Crippen LogP contribution in [0, 0.1) is 0 Å². The van der Waals surface area contributed by atoms with Gasteiger partial charge in [-0.25, -0.2) is 5.06 Å². The van der Waals surface area contributed by atoms with E-state index in [9.17, 15) is 15.2 Å². The summed E-state index contributed by atoms with van der Waals surface area (Å²) in [6, 6.07) is 0. The molecule has 0 saturated carbocycles. The maximum atomic E-state index is 12.3. The van der Waals surface area contributed by atoms with Crippen LogP contribution < -0.4 is 0 Å². The quantitative estimate of drug-likeness (QED) is 0.665. The summed E-state index contributed by atoms with van der Waals surface area (Å²) in [4.78, 5) is 11.8. The van der Waals surface area contributed by atoms with Gasteiger partial charge >= 0.3 is 0 Å². The molecule has 0 aromatic carbocycles. The highest BCUT2D eigenvalue weighted by Gasteiger charge is 2.57. The molecule has 1 radical (unpaired) electrons. The molecule has 18 heavy (non-hydrogen) atoms. The van der Waals surface area contributed by atoms with Crippen molar-refractivity contribution in [1.29, 1.82) is 0 Å². The second-order valence-electron chi connectivity index (χ2n) is 5.54. The molecule has 0 aromatic rings. The third kappa shape index (κ3) is 1.44. The van der Waals surface area contributed by atoms with Gasteiger partial charge < -0.3 is 0 Å². The third-order valence-corrected chi connectivity index (χ3v) is 4.06. The molecule has 1 aliphatic carbocycles. The SMILES string of the molecule is CC1(C)N([O])/C(=C2\C=CC=CC2=O)N(O)C1(C)C. The fourth-order valence-corrected chi connectivity index (χ4v) is 2.00. The molecule has 5 heteroatoms. The van der Waals surface area contributed by atoms with Gasteiger partial charge in [-0.15, -0.1) is 0 Å². The number of nitrogens with zero attached hydrogens (tertiary/aromatic N) is 2. The molecule has 1 aliphatic heterocycles. The molecule has 1 saturated heterocycles. The van der Waals surface area contributed by atoms with Crippen LogP contribution in [-0.4, -0.2) is 32.2 Å². The van der Waals surface area contributed by atoms with Crippen molar-refractivity contribution >= 4 is 5.78 Å². The van der Waals surface area contributed by atoms with E-state index in [4.69, 9.17) is 0 Å². The Morgan fingerprint density at radius 2 is 1.61 bits per heavy atom. The Balaban J connectivity index is 2.61. The van der Waals surface area contributed by atoms with Gasteiger partial charge in [0.15, 0.2) is 11.6 Å². The van der Waals surface area contributed by atoms with Gasteiger partial charge in [0.2, 0.25) is 0 Å². The topological polar surface area (TPSA) is 63.7 Å². The Bertz CT molecular complexity index is 464. The lowest BCUT2D eigenvalue weighted by Gasteiger charge is -2.36. The Hall–Kier alpha value is -1.59. The Morgan fingerprint density at radius 1 is 1.06 bits per heavy atom. The predicted octanol–water partition coefficient (Wildman–Crippen LogP) is 1.80. The van der Waals surface area contributed by atoms with Crippen LogP contribution in [0.15, 0.2) is 35.7 Å². The molecule has 0 unspecified atom stereocenters. The minimum atomic E-state index is -0.834. The van der Waals surface area contributed by atoms with Gasteiger partial charge in [0.05, 0.1) is 16.7 Å². The molecular weight excluding hydrogens is 232 g/mol. The number of carbonyl (C=O) groups excluding carboxylic acids is 1. The van der Waals surface area contributed by atoms with Gasteiger partial charge in [-0.3, -0.25) is 10.0 Å². The van der Waals surface area contributed by atoms with Crippen molar-refractivity contribution < 1.29 is 15.2 Å². The van der Waals surface area contributed by atoms with E-state index in [1.807, 2.05) is 0 Å². The standard InChI is InChI=1S/C13H17N2O3/c1-12(2)13(3,4)15(18)11(14(12)17)9-7-5-6-8-10(9)16/h5-8,17H,1-4H3/b11-9+. The van der Waals surface area contributed by atoms with Crippen LogP contribution in [0.4, 0.5) is 0 Å². The lowest BCUT2D eigenvalue weighted by molar-refractivity contribution is -0.182. The fourth-order valence-electron chi connectivity index (χ4n) is 2.00. The Kier molecular flexibility index (Phi) is 2.64. The van der Waals surface area contributed by atoms with E-state index in [1.54, 1.807) is 45.9 Å². The third-order valence-electron chi connectivity index (χ3n) is 4.06. The van der Waals surface area contributed by atoms with Crippen LogP contribution in [0.5, 0.6) is 0 Å². The van der Waals surface area contributed by atoms with Gasteiger partial charge in [-0.2, -0.15) is 5.06 Å². The van der Waals surface area contributed by atoms with E-state index in [0.29, 0.717) is 5.06 Å². The summed E-state index contributed by atoms with van der Waals surface area (Å²) >= 11 is 0. The van der Waals surface area contributed by atoms with Crippen molar-refractivity contribution in [2.45, 2.75) is 38.8 Å². The molecule has 5 nitrogen and oxygen atoms in total. The minimum Gasteiger partial charge on any atom is -0.289 e. The van der Waals surface area contributed by atoms with Crippen LogP contribution >= 0.6 is 0 Å². The Labute approximate surface area is 106 Å². The zero-order valence-corrected chi connectivity index (χ0v) is 11.0. The summed E-state index contributed by atoms with van der Waals surface area (Å²) in [5, 5.41) is 24.2. The normalized spacial score (nSPS) is 29.3. The number of hydroxylamine groups is 4. The summed E-state index contributed by atoms with van der Waals surface area (Å²) in [7, 11) is 0. The summed E-state index contributed by atoms with van der Waals surface area (Å²) in [6.45, 7) is 7.00. The van der Waals surface area contributed by atoms with Crippen LogP contribution in [0.1, 0.15) is 27.7 Å². The van der Waals surface area contributed by atoms with E-state index >= 15 is 0 Å². The highest BCUT2D eigenvalue weighted by molar-refractivity contribution is 6.07. The smallest absolute Gasteiger partial charge is 0.189 e. The lowest BCUT2D eigenvalue weighted by atomic mass is 9.84. The highest BCUT2D eigenvalue weighted by Crippen LogP contribution is 2.44. The summed E-state index contributed by atoms with van der Waals surface area (Å²) in [5.74, 6) is -0.267. The van der Waals surface area contributed by atoms with Crippen LogP contribution in [-0.2, 0) is 10.0 Å². The Morgan fingerprint density at radius 3 is 2.06 bits per heavy atom. The molecule has 0 atom stereocenters. The van der Waals surface area contributed by atoms with E-state index in [-0.39, 0.29) is 17.2 Å². The second-order valence-corrected chi connectivity index (χ2v) is 5.54. The van der Waals surface area contributed by atoms with Crippen molar-refractivity contribution in [3.8, 4) is 0 Å². The van der Waals surface area contributed by atoms with E-state index in [0.717, 1.165) is 5.06 Å². The number of allylic oxidation sites excluding steroid dienone is 5. The predicted molar refractivity (Wildman–Crippen MR) is 64.6 cm³/mol. The lowest BCUT2D eigenvalue weighted by Crippen LogP contribution is -2.52. The summed E-state index contributed by atoms with van der Waals surface area (Å²) in [5.41, 5.74) is -1.40. The maximum Gasteiger partial charge on any atom is 0.189 e. The van der Waals surface area contributed by atoms with Crippen molar-refractivity contribution in [2.75, 3.05) is 0 Å². The van der Waals surface area contributed by atoms with Gasteiger partial charge in [0, 0.05) is 0 Å². The first kappa shape index (κ1) is 12.9. The molecule has 1 fully saturated rings. The molecular formula is C13H17N2O3. The number of hydrogen-bond acceptors (Lipinski definition) is 4. The number of hydrogen-bond donors (Lipinski definition) is 1. The molecule has 2 aliphatic rings. The molecule has 97 valence electrons. The molecule has 2 rings (SSSR count). The van der Waals surface area contributed by atoms with Gasteiger partial charge in [0.25, 0.3) is 0 Å². The van der Waals surface area contributed by atoms with E-state index in [2.05, 4.69) is 0 Å². The molecule has 0 bridgehead atoms. The number of ketones is 1. The van der Waals surface area contributed by atoms with Gasteiger partial charge in [-0.1, -0.05) is 17.4 Å². The molecule has 0 spiro atoms. The highest BCUT2D eigenvalue weighted by atomic mass is 16.6. The average Bonchev–Trinajstić information content (AvgIpc) is 2.40. The first-order valence-corrected chi connectivity index (χ1v) is 5.81. The second kappa shape index (κ2) is 3.70. The first-order valence-electron chi connectivity index (χ1n) is 5.81. The average molecular weight is 249 g/mol. The number of carbonyl (C=O) groups is 1. The molecule has 1 heterocycles. The van der Waals surface area contributed by atoms with Gasteiger partial charge in [-0.05, 0) is 39.8 Å². The van der Waals surface area contributed by atoms with Crippen LogP contribution in [0.25, 0.3) is 0 Å². The number of rotatable bonds is 0. The van der Waals surface area contributed by atoms with Crippen LogP contribution in [0.2, 0.25) is 0 Å². The van der Waals surface area contributed by atoms with Crippen molar-refractivity contribution in [2.24, 2.45) is 0 Å². The zero-order valence-electron chi connectivity index (χ0n) is 11.0. The monoisotopic (exact) mass is 249 g/mol.